The minimum absolute atomic E-state index is 0.0540. The Labute approximate surface area is 178 Å². The van der Waals surface area contributed by atoms with Crippen molar-refractivity contribution in [1.82, 2.24) is 14.9 Å². The molecule has 160 valence electrons. The van der Waals surface area contributed by atoms with E-state index in [1.54, 1.807) is 36.4 Å². The summed E-state index contributed by atoms with van der Waals surface area (Å²) >= 11 is 0. The highest BCUT2D eigenvalue weighted by molar-refractivity contribution is 6.05. The fourth-order valence-electron chi connectivity index (χ4n) is 2.91. The van der Waals surface area contributed by atoms with E-state index in [9.17, 15) is 19.2 Å². The molecule has 3 rings (SSSR count). The first-order valence-corrected chi connectivity index (χ1v) is 9.69. The molecular weight excluding hydrogens is 398 g/mol. The molecule has 1 N–H and O–H groups in total. The van der Waals surface area contributed by atoms with Crippen molar-refractivity contribution in [3.8, 4) is 0 Å². The van der Waals surface area contributed by atoms with Crippen LogP contribution in [0.4, 0.5) is 0 Å². The zero-order chi connectivity index (χ0) is 22.6. The number of esters is 1. The number of para-hydroxylation sites is 1. The second-order valence-electron chi connectivity index (χ2n) is 8.06. The third-order valence-corrected chi connectivity index (χ3v) is 4.66. The summed E-state index contributed by atoms with van der Waals surface area (Å²) in [5.41, 5.74) is 1.46. The Morgan fingerprint density at radius 1 is 1.03 bits per heavy atom. The number of imide groups is 1. The van der Waals surface area contributed by atoms with Crippen molar-refractivity contribution < 1.29 is 19.1 Å². The third kappa shape index (κ3) is 5.42. The molecule has 8 heteroatoms. The van der Waals surface area contributed by atoms with Crippen molar-refractivity contribution in [3.05, 3.63) is 76.3 Å². The van der Waals surface area contributed by atoms with Gasteiger partial charge in [-0.05, 0) is 35.2 Å². The predicted octanol–water partition coefficient (Wildman–Crippen LogP) is 2.19. The topological polar surface area (TPSA) is 107 Å². The van der Waals surface area contributed by atoms with Gasteiger partial charge in [0.15, 0.2) is 6.61 Å². The van der Waals surface area contributed by atoms with E-state index >= 15 is 0 Å². The summed E-state index contributed by atoms with van der Waals surface area (Å²) < 4.78 is 5.99. The molecule has 0 unspecified atom stereocenters. The molecule has 0 atom stereocenters. The van der Waals surface area contributed by atoms with E-state index in [4.69, 9.17) is 4.74 Å². The van der Waals surface area contributed by atoms with Crippen molar-refractivity contribution in [2.75, 3.05) is 6.61 Å². The van der Waals surface area contributed by atoms with Gasteiger partial charge >= 0.3 is 5.97 Å². The molecule has 31 heavy (non-hydrogen) atoms. The number of carbonyl (C=O) groups is 3. The van der Waals surface area contributed by atoms with Gasteiger partial charge in [0.25, 0.3) is 17.4 Å². The lowest BCUT2D eigenvalue weighted by Gasteiger charge is -2.19. The standard InChI is InChI=1S/C23H23N3O5/c1-23(2,3)16-10-8-15(9-11-16)21(29)25-19(27)13-31-20(28)12-26-14-24-18-7-5-4-6-17(18)22(26)30/h4-11,14H,12-13H2,1-3H3,(H,25,27,29). The van der Waals surface area contributed by atoms with Crippen molar-refractivity contribution in [1.29, 1.82) is 0 Å². The molecule has 0 aliphatic rings. The summed E-state index contributed by atoms with van der Waals surface area (Å²) in [7, 11) is 0. The average molecular weight is 421 g/mol. The van der Waals surface area contributed by atoms with Gasteiger partial charge in [-0.1, -0.05) is 45.0 Å². The lowest BCUT2D eigenvalue weighted by molar-refractivity contribution is -0.148. The minimum atomic E-state index is -0.795. The number of nitrogens with zero attached hydrogens (tertiary/aromatic N) is 2. The summed E-state index contributed by atoms with van der Waals surface area (Å²) in [5.74, 6) is -2.14. The van der Waals surface area contributed by atoms with Gasteiger partial charge in [-0.3, -0.25) is 29.1 Å². The van der Waals surface area contributed by atoms with Gasteiger partial charge in [0.1, 0.15) is 6.54 Å². The number of carbonyl (C=O) groups excluding carboxylic acids is 3. The Balaban J connectivity index is 1.53. The molecule has 2 aromatic carbocycles. The summed E-state index contributed by atoms with van der Waals surface area (Å²) in [6.45, 7) is 5.14. The number of amides is 2. The molecule has 0 saturated carbocycles. The third-order valence-electron chi connectivity index (χ3n) is 4.66. The molecule has 0 radical (unpaired) electrons. The van der Waals surface area contributed by atoms with E-state index in [2.05, 4.69) is 31.1 Å². The maximum atomic E-state index is 12.4. The van der Waals surface area contributed by atoms with Crippen molar-refractivity contribution in [2.45, 2.75) is 32.7 Å². The Kier molecular flexibility index (Phi) is 6.29. The maximum Gasteiger partial charge on any atom is 0.326 e. The monoisotopic (exact) mass is 421 g/mol. The maximum absolute atomic E-state index is 12.4. The number of fused-ring (bicyclic) bond motifs is 1. The Bertz CT molecular complexity index is 1190. The van der Waals surface area contributed by atoms with E-state index in [0.717, 1.165) is 10.1 Å². The SMILES string of the molecule is CC(C)(C)c1ccc(C(=O)NC(=O)COC(=O)Cn2cnc3ccccc3c2=O)cc1. The minimum Gasteiger partial charge on any atom is -0.454 e. The van der Waals surface area contributed by atoms with Crippen LogP contribution in [0.3, 0.4) is 0 Å². The Morgan fingerprint density at radius 3 is 2.39 bits per heavy atom. The highest BCUT2D eigenvalue weighted by Gasteiger charge is 2.16. The first-order valence-electron chi connectivity index (χ1n) is 9.69. The summed E-state index contributed by atoms with van der Waals surface area (Å²) in [6.07, 6.45) is 1.25. The van der Waals surface area contributed by atoms with Gasteiger partial charge in [-0.15, -0.1) is 0 Å². The number of ether oxygens (including phenoxy) is 1. The number of rotatable bonds is 5. The van der Waals surface area contributed by atoms with Crippen LogP contribution >= 0.6 is 0 Å². The molecule has 2 amide bonds. The van der Waals surface area contributed by atoms with Crippen LogP contribution in [0.15, 0.2) is 59.7 Å². The molecule has 0 saturated heterocycles. The number of nitrogens with one attached hydrogen (secondary N) is 1. The van der Waals surface area contributed by atoms with Gasteiger partial charge in [-0.2, -0.15) is 0 Å². The molecule has 0 aliphatic heterocycles. The average Bonchev–Trinajstić information content (AvgIpc) is 2.74. The summed E-state index contributed by atoms with van der Waals surface area (Å²) in [5, 5.41) is 2.55. The van der Waals surface area contributed by atoms with Gasteiger partial charge in [-0.25, -0.2) is 4.98 Å². The Hall–Kier alpha value is -3.81. The van der Waals surface area contributed by atoms with Gasteiger partial charge < -0.3 is 4.74 Å². The number of benzene rings is 2. The van der Waals surface area contributed by atoms with Crippen LogP contribution in [0.1, 0.15) is 36.7 Å². The lowest BCUT2D eigenvalue weighted by Crippen LogP contribution is -2.35. The number of aromatic nitrogens is 2. The summed E-state index contributed by atoms with van der Waals surface area (Å²) in [6, 6.07) is 13.7. The van der Waals surface area contributed by atoms with E-state index in [-0.39, 0.29) is 11.0 Å². The predicted molar refractivity (Wildman–Crippen MR) is 115 cm³/mol. The van der Waals surface area contributed by atoms with Crippen LogP contribution in [0, 0.1) is 0 Å². The molecular formula is C23H23N3O5. The molecule has 8 nitrogen and oxygen atoms in total. The van der Waals surface area contributed by atoms with Gasteiger partial charge in [0.05, 0.1) is 17.2 Å². The lowest BCUT2D eigenvalue weighted by atomic mass is 9.87. The second-order valence-corrected chi connectivity index (χ2v) is 8.06. The van der Waals surface area contributed by atoms with Crippen LogP contribution in [-0.2, 0) is 26.3 Å². The molecule has 0 bridgehead atoms. The van der Waals surface area contributed by atoms with E-state index < -0.39 is 30.9 Å². The number of hydrogen-bond acceptors (Lipinski definition) is 6. The molecule has 0 fully saturated rings. The highest BCUT2D eigenvalue weighted by Crippen LogP contribution is 2.22. The largest absolute Gasteiger partial charge is 0.454 e. The fourth-order valence-corrected chi connectivity index (χ4v) is 2.91. The second kappa shape index (κ2) is 8.91. The van der Waals surface area contributed by atoms with Crippen LogP contribution in [0.2, 0.25) is 0 Å². The number of hydrogen-bond donors (Lipinski definition) is 1. The normalized spacial score (nSPS) is 11.2. The first-order chi connectivity index (χ1) is 14.6. The molecule has 0 spiro atoms. The zero-order valence-electron chi connectivity index (χ0n) is 17.5. The molecule has 1 aromatic heterocycles. The van der Waals surface area contributed by atoms with Gasteiger partial charge in [0, 0.05) is 5.56 Å². The highest BCUT2D eigenvalue weighted by atomic mass is 16.5. The van der Waals surface area contributed by atoms with Crippen molar-refractivity contribution in [2.24, 2.45) is 0 Å². The van der Waals surface area contributed by atoms with Crippen LogP contribution < -0.4 is 10.9 Å². The smallest absolute Gasteiger partial charge is 0.326 e. The van der Waals surface area contributed by atoms with Gasteiger partial charge in [0.2, 0.25) is 0 Å². The van der Waals surface area contributed by atoms with E-state index in [1.807, 2.05) is 12.1 Å². The van der Waals surface area contributed by atoms with Crippen LogP contribution in [-0.4, -0.2) is 33.9 Å². The molecule has 0 aliphatic carbocycles. The summed E-state index contributed by atoms with van der Waals surface area (Å²) in [4.78, 5) is 52.7. The quantitative estimate of drug-likeness (QED) is 0.633. The van der Waals surface area contributed by atoms with Crippen LogP contribution in [0.25, 0.3) is 10.9 Å². The van der Waals surface area contributed by atoms with Crippen molar-refractivity contribution >= 4 is 28.7 Å². The molecule has 3 aromatic rings. The molecule has 1 heterocycles. The zero-order valence-corrected chi connectivity index (χ0v) is 17.5. The van der Waals surface area contributed by atoms with E-state index in [0.29, 0.717) is 16.5 Å². The van der Waals surface area contributed by atoms with E-state index in [1.165, 1.54) is 6.33 Å². The van der Waals surface area contributed by atoms with Crippen molar-refractivity contribution in [3.63, 3.8) is 0 Å². The van der Waals surface area contributed by atoms with Crippen LogP contribution in [0.5, 0.6) is 0 Å². The first kappa shape index (κ1) is 21.9. The fraction of sp³-hybridized carbons (Fsp3) is 0.261. The Morgan fingerprint density at radius 2 is 1.71 bits per heavy atom.